The number of fused-ring (bicyclic) bond motifs is 1. The molecular formula is C16H24N2O3. The molecule has 2 rings (SSSR count). The van der Waals surface area contributed by atoms with Crippen molar-refractivity contribution >= 4 is 5.91 Å². The Hall–Kier alpha value is -1.59. The maximum atomic E-state index is 11.7. The van der Waals surface area contributed by atoms with Crippen molar-refractivity contribution in [3.05, 3.63) is 28.8 Å². The normalized spacial score (nSPS) is 18.6. The molecule has 0 aliphatic carbocycles. The minimum atomic E-state index is -0.177. The molecule has 5 nitrogen and oxygen atoms in total. The van der Waals surface area contributed by atoms with Gasteiger partial charge in [0.25, 0.3) is 0 Å². The van der Waals surface area contributed by atoms with Crippen molar-refractivity contribution in [2.24, 2.45) is 5.73 Å². The first-order valence-corrected chi connectivity index (χ1v) is 7.38. The molecule has 21 heavy (non-hydrogen) atoms. The van der Waals surface area contributed by atoms with E-state index in [0.29, 0.717) is 19.6 Å². The van der Waals surface area contributed by atoms with Gasteiger partial charge in [-0.2, -0.15) is 0 Å². The fourth-order valence-electron chi connectivity index (χ4n) is 2.66. The zero-order valence-corrected chi connectivity index (χ0v) is 12.9. The van der Waals surface area contributed by atoms with Crippen LogP contribution in [-0.4, -0.2) is 26.2 Å². The molecule has 116 valence electrons. The SMILES string of the molecule is CCC(=O)NC1CCOc2c(C)cc(C(N)COC)cc21. The van der Waals surface area contributed by atoms with Crippen LogP contribution in [-0.2, 0) is 9.53 Å². The van der Waals surface area contributed by atoms with Crippen molar-refractivity contribution < 1.29 is 14.3 Å². The van der Waals surface area contributed by atoms with Crippen molar-refractivity contribution in [2.45, 2.75) is 38.8 Å². The average Bonchev–Trinajstić information content (AvgIpc) is 2.48. The number of amides is 1. The number of aryl methyl sites for hydroxylation is 1. The van der Waals surface area contributed by atoms with E-state index in [2.05, 4.69) is 5.32 Å². The number of hydrogen-bond acceptors (Lipinski definition) is 4. The first kappa shape index (κ1) is 15.8. The Kier molecular flexibility index (Phi) is 5.20. The Bertz CT molecular complexity index is 516. The third-order valence-corrected chi connectivity index (χ3v) is 3.78. The molecule has 1 aliphatic rings. The summed E-state index contributed by atoms with van der Waals surface area (Å²) in [6.45, 7) is 4.94. The number of nitrogens with one attached hydrogen (secondary N) is 1. The van der Waals surface area contributed by atoms with Gasteiger partial charge >= 0.3 is 0 Å². The molecule has 1 aliphatic heterocycles. The second kappa shape index (κ2) is 6.91. The van der Waals surface area contributed by atoms with Crippen LogP contribution in [0.5, 0.6) is 5.75 Å². The average molecular weight is 292 g/mol. The van der Waals surface area contributed by atoms with E-state index >= 15 is 0 Å². The third-order valence-electron chi connectivity index (χ3n) is 3.78. The van der Waals surface area contributed by atoms with Gasteiger partial charge in [-0.15, -0.1) is 0 Å². The van der Waals surface area contributed by atoms with E-state index in [0.717, 1.165) is 28.9 Å². The predicted molar refractivity (Wildman–Crippen MR) is 81.3 cm³/mol. The number of benzene rings is 1. The molecular weight excluding hydrogens is 268 g/mol. The van der Waals surface area contributed by atoms with Crippen LogP contribution in [0, 0.1) is 6.92 Å². The molecule has 2 unspecified atom stereocenters. The molecule has 0 saturated heterocycles. The smallest absolute Gasteiger partial charge is 0.220 e. The first-order chi connectivity index (χ1) is 10.1. The minimum Gasteiger partial charge on any atom is -0.493 e. The van der Waals surface area contributed by atoms with Crippen LogP contribution in [0.25, 0.3) is 0 Å². The van der Waals surface area contributed by atoms with Crippen LogP contribution >= 0.6 is 0 Å². The summed E-state index contributed by atoms with van der Waals surface area (Å²) in [4.78, 5) is 11.7. The van der Waals surface area contributed by atoms with Crippen LogP contribution in [0.15, 0.2) is 12.1 Å². The van der Waals surface area contributed by atoms with E-state index in [4.69, 9.17) is 15.2 Å². The van der Waals surface area contributed by atoms with Crippen LogP contribution in [0.3, 0.4) is 0 Å². The van der Waals surface area contributed by atoms with Gasteiger partial charge in [0.15, 0.2) is 0 Å². The standard InChI is InChI=1S/C16H24N2O3/c1-4-15(19)18-14-5-6-21-16-10(2)7-11(8-12(14)16)13(17)9-20-3/h7-8,13-14H,4-6,9,17H2,1-3H3,(H,18,19). The molecule has 1 amide bonds. The van der Waals surface area contributed by atoms with Crippen molar-refractivity contribution in [1.29, 1.82) is 0 Å². The monoisotopic (exact) mass is 292 g/mol. The lowest BCUT2D eigenvalue weighted by Crippen LogP contribution is -2.32. The summed E-state index contributed by atoms with van der Waals surface area (Å²) in [5.41, 5.74) is 9.20. The van der Waals surface area contributed by atoms with E-state index in [9.17, 15) is 4.79 Å². The molecule has 3 N–H and O–H groups in total. The van der Waals surface area contributed by atoms with E-state index in [1.165, 1.54) is 0 Å². The lowest BCUT2D eigenvalue weighted by atomic mass is 9.93. The number of hydrogen-bond donors (Lipinski definition) is 2. The van der Waals surface area contributed by atoms with Crippen LogP contribution in [0.1, 0.15) is 48.5 Å². The van der Waals surface area contributed by atoms with Gasteiger partial charge in [-0.25, -0.2) is 0 Å². The first-order valence-electron chi connectivity index (χ1n) is 7.38. The Morgan fingerprint density at radius 3 is 3.00 bits per heavy atom. The van der Waals surface area contributed by atoms with Crippen molar-refractivity contribution in [3.8, 4) is 5.75 Å². The maximum Gasteiger partial charge on any atom is 0.220 e. The summed E-state index contributed by atoms with van der Waals surface area (Å²) >= 11 is 0. The van der Waals surface area contributed by atoms with E-state index in [1.807, 2.05) is 26.0 Å². The molecule has 1 aromatic rings. The Morgan fingerprint density at radius 1 is 1.57 bits per heavy atom. The maximum absolute atomic E-state index is 11.7. The fraction of sp³-hybridized carbons (Fsp3) is 0.562. The highest BCUT2D eigenvalue weighted by atomic mass is 16.5. The zero-order chi connectivity index (χ0) is 15.4. The highest BCUT2D eigenvalue weighted by molar-refractivity contribution is 5.76. The molecule has 0 radical (unpaired) electrons. The molecule has 2 atom stereocenters. The van der Waals surface area contributed by atoms with Gasteiger partial charge in [0.2, 0.25) is 5.91 Å². The molecule has 1 aromatic carbocycles. The van der Waals surface area contributed by atoms with Crippen LogP contribution in [0.4, 0.5) is 0 Å². The number of carbonyl (C=O) groups excluding carboxylic acids is 1. The summed E-state index contributed by atoms with van der Waals surface area (Å²) in [5, 5.41) is 3.06. The summed E-state index contributed by atoms with van der Waals surface area (Å²) < 4.78 is 10.9. The number of methoxy groups -OCH3 is 1. The second-order valence-electron chi connectivity index (χ2n) is 5.43. The molecule has 0 bridgehead atoms. The summed E-state index contributed by atoms with van der Waals surface area (Å²) in [5.74, 6) is 0.924. The quantitative estimate of drug-likeness (QED) is 0.870. The van der Waals surface area contributed by atoms with Gasteiger partial charge in [-0.1, -0.05) is 13.0 Å². The molecule has 1 heterocycles. The van der Waals surface area contributed by atoms with Crippen molar-refractivity contribution in [2.75, 3.05) is 20.3 Å². The summed E-state index contributed by atoms with van der Waals surface area (Å²) in [7, 11) is 1.64. The van der Waals surface area contributed by atoms with E-state index in [-0.39, 0.29) is 18.0 Å². The summed E-state index contributed by atoms with van der Waals surface area (Å²) in [6, 6.07) is 3.89. The lowest BCUT2D eigenvalue weighted by molar-refractivity contribution is -0.121. The fourth-order valence-corrected chi connectivity index (χ4v) is 2.66. The Labute approximate surface area is 125 Å². The predicted octanol–water partition coefficient (Wildman–Crippen LogP) is 1.99. The van der Waals surface area contributed by atoms with Gasteiger partial charge in [-0.3, -0.25) is 4.79 Å². The minimum absolute atomic E-state index is 0.00500. The van der Waals surface area contributed by atoms with Gasteiger partial charge in [0, 0.05) is 25.5 Å². The lowest BCUT2D eigenvalue weighted by Gasteiger charge is -2.29. The molecule has 0 spiro atoms. The molecule has 0 aromatic heterocycles. The van der Waals surface area contributed by atoms with Gasteiger partial charge in [0.1, 0.15) is 5.75 Å². The van der Waals surface area contributed by atoms with Gasteiger partial charge in [-0.05, 0) is 24.1 Å². The topological polar surface area (TPSA) is 73.6 Å². The van der Waals surface area contributed by atoms with Crippen LogP contribution in [0.2, 0.25) is 0 Å². The second-order valence-corrected chi connectivity index (χ2v) is 5.43. The Balaban J connectivity index is 2.34. The third kappa shape index (κ3) is 3.54. The largest absolute Gasteiger partial charge is 0.493 e. The van der Waals surface area contributed by atoms with Gasteiger partial charge in [0.05, 0.1) is 25.3 Å². The Morgan fingerprint density at radius 2 is 2.33 bits per heavy atom. The van der Waals surface area contributed by atoms with E-state index in [1.54, 1.807) is 7.11 Å². The molecule has 5 heteroatoms. The highest BCUT2D eigenvalue weighted by Gasteiger charge is 2.25. The zero-order valence-electron chi connectivity index (χ0n) is 12.9. The number of ether oxygens (including phenoxy) is 2. The summed E-state index contributed by atoms with van der Waals surface area (Å²) in [6.07, 6.45) is 1.26. The van der Waals surface area contributed by atoms with E-state index < -0.39 is 0 Å². The molecule has 0 saturated carbocycles. The molecule has 0 fully saturated rings. The number of rotatable bonds is 5. The number of nitrogens with two attached hydrogens (primary N) is 1. The number of carbonyl (C=O) groups is 1. The van der Waals surface area contributed by atoms with Crippen molar-refractivity contribution in [1.82, 2.24) is 5.32 Å². The van der Waals surface area contributed by atoms with Crippen molar-refractivity contribution in [3.63, 3.8) is 0 Å². The highest BCUT2D eigenvalue weighted by Crippen LogP contribution is 2.36. The van der Waals surface area contributed by atoms with Crippen LogP contribution < -0.4 is 15.8 Å². The van der Waals surface area contributed by atoms with Gasteiger partial charge < -0.3 is 20.5 Å².